The average Bonchev–Trinajstić information content (AvgIpc) is 3.41. The molecule has 0 bridgehead atoms. The van der Waals surface area contributed by atoms with E-state index in [1.54, 1.807) is 17.9 Å². The molecule has 1 aliphatic rings. The number of methoxy groups -OCH3 is 1. The van der Waals surface area contributed by atoms with Gasteiger partial charge in [0.2, 0.25) is 0 Å². The molecular formula is C22H18N2O2S. The van der Waals surface area contributed by atoms with E-state index in [1.165, 1.54) is 16.9 Å². The fraction of sp³-hybridized carbons (Fsp3) is 0.182. The number of ether oxygens (including phenoxy) is 1. The molecule has 5 rings (SSSR count). The lowest BCUT2D eigenvalue weighted by Gasteiger charge is -2.19. The molecule has 1 saturated carbocycles. The molecule has 0 atom stereocenters. The van der Waals surface area contributed by atoms with Gasteiger partial charge < -0.3 is 4.74 Å². The van der Waals surface area contributed by atoms with E-state index in [2.05, 4.69) is 17.1 Å². The maximum Gasteiger partial charge on any atom is 0.263 e. The van der Waals surface area contributed by atoms with Gasteiger partial charge in [-0.15, -0.1) is 11.3 Å². The zero-order valence-electron chi connectivity index (χ0n) is 14.9. The summed E-state index contributed by atoms with van der Waals surface area (Å²) < 4.78 is 7.48. The Bertz CT molecular complexity index is 1190. The van der Waals surface area contributed by atoms with Crippen molar-refractivity contribution in [1.82, 2.24) is 9.55 Å². The van der Waals surface area contributed by atoms with Crippen molar-refractivity contribution in [2.75, 3.05) is 7.11 Å². The monoisotopic (exact) mass is 374 g/mol. The van der Waals surface area contributed by atoms with E-state index in [0.29, 0.717) is 11.3 Å². The average molecular weight is 374 g/mol. The van der Waals surface area contributed by atoms with Crippen LogP contribution in [0, 0.1) is 0 Å². The van der Waals surface area contributed by atoms with Gasteiger partial charge in [-0.3, -0.25) is 9.36 Å². The summed E-state index contributed by atoms with van der Waals surface area (Å²) in [6, 6.07) is 15.8. The molecule has 0 saturated heterocycles. The molecule has 0 spiro atoms. The Morgan fingerprint density at radius 3 is 2.74 bits per heavy atom. The molecule has 1 aliphatic carbocycles. The predicted octanol–water partition coefficient (Wildman–Crippen LogP) is 5.00. The van der Waals surface area contributed by atoms with Crippen LogP contribution >= 0.6 is 11.3 Å². The standard InChI is InChI=1S/C22H18N2O2S/c1-26-19-8-4-7-16(14-9-10-14)20(19)24-18(21-23-11-12-27-21)13-15-5-2-3-6-17(15)22(24)25/h2-8,11-14H,9-10H2,1H3. The molecule has 2 aromatic heterocycles. The van der Waals surface area contributed by atoms with Gasteiger partial charge in [0.15, 0.2) is 0 Å². The smallest absolute Gasteiger partial charge is 0.263 e. The van der Waals surface area contributed by atoms with E-state index in [4.69, 9.17) is 4.74 Å². The highest BCUT2D eigenvalue weighted by Crippen LogP contribution is 2.45. The Hall–Kier alpha value is -2.92. The van der Waals surface area contributed by atoms with Crippen molar-refractivity contribution in [2.24, 2.45) is 0 Å². The van der Waals surface area contributed by atoms with Crippen LogP contribution in [0.4, 0.5) is 0 Å². The molecule has 5 heteroatoms. The molecule has 4 nitrogen and oxygen atoms in total. The van der Waals surface area contributed by atoms with Gasteiger partial charge in [-0.25, -0.2) is 4.98 Å². The first-order valence-electron chi connectivity index (χ1n) is 9.00. The number of benzene rings is 2. The fourth-order valence-corrected chi connectivity index (χ4v) is 4.30. The third-order valence-corrected chi connectivity index (χ3v) is 5.87. The summed E-state index contributed by atoms with van der Waals surface area (Å²) in [4.78, 5) is 18.1. The van der Waals surface area contributed by atoms with Crippen molar-refractivity contribution in [3.63, 3.8) is 0 Å². The first-order chi connectivity index (χ1) is 13.3. The first kappa shape index (κ1) is 16.3. The van der Waals surface area contributed by atoms with E-state index in [9.17, 15) is 4.79 Å². The van der Waals surface area contributed by atoms with Crippen molar-refractivity contribution in [2.45, 2.75) is 18.8 Å². The number of aromatic nitrogens is 2. The molecule has 2 aromatic carbocycles. The number of hydrogen-bond acceptors (Lipinski definition) is 4. The Kier molecular flexibility index (Phi) is 3.83. The van der Waals surface area contributed by atoms with Gasteiger partial charge >= 0.3 is 0 Å². The van der Waals surface area contributed by atoms with Crippen LogP contribution in [0.1, 0.15) is 24.3 Å². The van der Waals surface area contributed by atoms with E-state index >= 15 is 0 Å². The normalized spacial score (nSPS) is 13.8. The molecule has 27 heavy (non-hydrogen) atoms. The van der Waals surface area contributed by atoms with Crippen LogP contribution in [0.2, 0.25) is 0 Å². The molecular weight excluding hydrogens is 356 g/mol. The molecule has 2 heterocycles. The van der Waals surface area contributed by atoms with Crippen LogP contribution in [-0.2, 0) is 0 Å². The number of thiazole rings is 1. The van der Waals surface area contributed by atoms with Crippen molar-refractivity contribution in [1.29, 1.82) is 0 Å². The number of para-hydroxylation sites is 1. The molecule has 4 aromatic rings. The summed E-state index contributed by atoms with van der Waals surface area (Å²) in [5, 5.41) is 4.38. The van der Waals surface area contributed by atoms with Crippen LogP contribution in [0.15, 0.2) is 64.9 Å². The van der Waals surface area contributed by atoms with Gasteiger partial charge in [0.25, 0.3) is 5.56 Å². The Balaban J connectivity index is 1.93. The fourth-order valence-electron chi connectivity index (χ4n) is 3.66. The van der Waals surface area contributed by atoms with Crippen LogP contribution in [0.5, 0.6) is 5.75 Å². The Morgan fingerprint density at radius 1 is 1.15 bits per heavy atom. The third kappa shape index (κ3) is 2.66. The molecule has 1 fully saturated rings. The number of rotatable bonds is 4. The summed E-state index contributed by atoms with van der Waals surface area (Å²) >= 11 is 1.53. The highest BCUT2D eigenvalue weighted by atomic mass is 32.1. The number of pyridine rings is 1. The lowest BCUT2D eigenvalue weighted by Crippen LogP contribution is -2.22. The Labute approximate surface area is 160 Å². The number of hydrogen-bond donors (Lipinski definition) is 0. The van der Waals surface area contributed by atoms with Gasteiger partial charge in [-0.1, -0.05) is 30.3 Å². The molecule has 0 unspecified atom stereocenters. The second-order valence-electron chi connectivity index (χ2n) is 6.77. The zero-order valence-corrected chi connectivity index (χ0v) is 15.7. The van der Waals surface area contributed by atoms with Crippen LogP contribution in [-0.4, -0.2) is 16.7 Å². The summed E-state index contributed by atoms with van der Waals surface area (Å²) in [5.74, 6) is 1.20. The minimum atomic E-state index is -0.0373. The molecule has 0 amide bonds. The summed E-state index contributed by atoms with van der Waals surface area (Å²) in [5.41, 5.74) is 2.79. The van der Waals surface area contributed by atoms with Crippen molar-refractivity contribution < 1.29 is 4.74 Å². The lowest BCUT2D eigenvalue weighted by molar-refractivity contribution is 0.412. The lowest BCUT2D eigenvalue weighted by atomic mass is 10.1. The molecule has 0 aliphatic heterocycles. The van der Waals surface area contributed by atoms with Gasteiger partial charge in [-0.2, -0.15) is 0 Å². The summed E-state index contributed by atoms with van der Waals surface area (Å²) in [7, 11) is 1.66. The molecule has 0 radical (unpaired) electrons. The third-order valence-electron chi connectivity index (χ3n) is 5.07. The maximum atomic E-state index is 13.6. The maximum absolute atomic E-state index is 13.6. The van der Waals surface area contributed by atoms with Gasteiger partial charge in [0.1, 0.15) is 10.8 Å². The molecule has 134 valence electrons. The minimum Gasteiger partial charge on any atom is -0.495 e. The van der Waals surface area contributed by atoms with E-state index in [0.717, 1.165) is 40.4 Å². The summed E-state index contributed by atoms with van der Waals surface area (Å²) in [6.07, 6.45) is 4.07. The summed E-state index contributed by atoms with van der Waals surface area (Å²) in [6.45, 7) is 0. The van der Waals surface area contributed by atoms with Crippen LogP contribution < -0.4 is 10.3 Å². The van der Waals surface area contributed by atoms with Crippen molar-refractivity contribution >= 4 is 22.1 Å². The first-order valence-corrected chi connectivity index (χ1v) is 9.88. The highest BCUT2D eigenvalue weighted by Gasteiger charge is 2.30. The number of fused-ring (bicyclic) bond motifs is 1. The quantitative estimate of drug-likeness (QED) is 0.505. The van der Waals surface area contributed by atoms with E-state index in [1.807, 2.05) is 41.8 Å². The second-order valence-corrected chi connectivity index (χ2v) is 7.66. The van der Waals surface area contributed by atoms with Crippen LogP contribution in [0.25, 0.3) is 27.2 Å². The molecule has 0 N–H and O–H groups in total. The van der Waals surface area contributed by atoms with Crippen molar-refractivity contribution in [3.8, 4) is 22.1 Å². The zero-order chi connectivity index (χ0) is 18.4. The van der Waals surface area contributed by atoms with E-state index < -0.39 is 0 Å². The van der Waals surface area contributed by atoms with E-state index in [-0.39, 0.29) is 5.56 Å². The van der Waals surface area contributed by atoms with Gasteiger partial charge in [0, 0.05) is 17.0 Å². The van der Waals surface area contributed by atoms with Crippen molar-refractivity contribution in [3.05, 3.63) is 76.0 Å². The highest BCUT2D eigenvalue weighted by molar-refractivity contribution is 7.13. The second kappa shape index (κ2) is 6.35. The predicted molar refractivity (Wildman–Crippen MR) is 109 cm³/mol. The van der Waals surface area contributed by atoms with Gasteiger partial charge in [-0.05, 0) is 47.9 Å². The van der Waals surface area contributed by atoms with Crippen LogP contribution in [0.3, 0.4) is 0 Å². The number of nitrogens with zero attached hydrogens (tertiary/aromatic N) is 2. The van der Waals surface area contributed by atoms with Gasteiger partial charge in [0.05, 0.1) is 18.5 Å². The Morgan fingerprint density at radius 2 is 2.00 bits per heavy atom. The topological polar surface area (TPSA) is 44.1 Å². The SMILES string of the molecule is COc1cccc(C2CC2)c1-n1c(-c2nccs2)cc2ccccc2c1=O. The largest absolute Gasteiger partial charge is 0.495 e. The minimum absolute atomic E-state index is 0.0373.